The molecule has 0 amide bonds. The van der Waals surface area contributed by atoms with Crippen molar-refractivity contribution in [1.29, 1.82) is 0 Å². The Morgan fingerprint density at radius 3 is 0.600 bits per heavy atom. The molecule has 0 spiro atoms. The summed E-state index contributed by atoms with van der Waals surface area (Å²) in [7, 11) is 7.43. The Bertz CT molecular complexity index is 102. The first-order valence-electron chi connectivity index (χ1n) is 9.88. The van der Waals surface area contributed by atoms with Crippen molar-refractivity contribution in [3.8, 4) is 0 Å². The van der Waals surface area contributed by atoms with Crippen LogP contribution in [0.1, 0.15) is 79.1 Å². The number of hydrogen-bond donors (Lipinski definition) is 0. The predicted molar refractivity (Wildman–Crippen MR) is 116 cm³/mol. The van der Waals surface area contributed by atoms with Gasteiger partial charge in [-0.15, -0.1) is 26.2 Å². The van der Waals surface area contributed by atoms with Crippen LogP contribution in [-0.4, -0.2) is 54.4 Å². The molecule has 0 atom stereocenters. The fraction of sp³-hybridized carbons (Fsp3) is 1.00. The molecule has 0 heterocycles. The number of hydrogen-bond acceptors (Lipinski definition) is 0. The number of rotatable bonds is 12. The molecule has 0 saturated carbocycles. The largest absolute Gasteiger partial charge is 4.00 e. The third kappa shape index (κ3) is 78.9. The molecule has 5 heteroatoms. The van der Waals surface area contributed by atoms with Gasteiger partial charge in [0.15, 0.2) is 0 Å². The van der Waals surface area contributed by atoms with Gasteiger partial charge < -0.3 is 21.3 Å². The summed E-state index contributed by atoms with van der Waals surface area (Å²) >= 11 is 0. The van der Waals surface area contributed by atoms with Gasteiger partial charge in [-0.05, 0) is 0 Å². The van der Waals surface area contributed by atoms with Gasteiger partial charge in [0.1, 0.15) is 0 Å². The second-order valence-electron chi connectivity index (χ2n) is 5.57. The molecule has 0 aromatic heterocycles. The second-order valence-corrected chi connectivity index (χ2v) is 5.57. The van der Waals surface area contributed by atoms with E-state index in [0.29, 0.717) is 0 Å². The SMILES string of the molecule is CCCC[N-]C.CCCC[N-]C.CCCC[N-]C.CCCC[N-]C.[Hf+4]. The molecule has 152 valence electrons. The molecule has 0 aromatic carbocycles. The quantitative estimate of drug-likeness (QED) is 0.193. The molecule has 0 aromatic rings. The molecule has 0 fully saturated rings. The number of unbranched alkanes of at least 4 members (excludes halogenated alkanes) is 4. The third-order valence-electron chi connectivity index (χ3n) is 2.94. The molecule has 0 unspecified atom stereocenters. The predicted octanol–water partition coefficient (Wildman–Crippen LogP) is 7.16. The van der Waals surface area contributed by atoms with Crippen LogP contribution in [0, 0.1) is 0 Å². The third-order valence-corrected chi connectivity index (χ3v) is 2.94. The van der Waals surface area contributed by atoms with Gasteiger partial charge in [-0.2, -0.15) is 28.2 Å². The fourth-order valence-electron chi connectivity index (χ4n) is 1.26. The molecule has 0 rings (SSSR count). The monoisotopic (exact) mass is 524 g/mol. The first-order chi connectivity index (χ1) is 11.7. The molecule has 0 N–H and O–H groups in total. The summed E-state index contributed by atoms with van der Waals surface area (Å²) in [4.78, 5) is 0. The molecule has 0 aliphatic heterocycles. The van der Waals surface area contributed by atoms with E-state index >= 15 is 0 Å². The van der Waals surface area contributed by atoms with Crippen LogP contribution in [0.25, 0.3) is 21.3 Å². The Morgan fingerprint density at radius 1 is 0.400 bits per heavy atom. The maximum Gasteiger partial charge on any atom is 4.00 e. The minimum atomic E-state index is 0. The maximum atomic E-state index is 3.93. The Hall–Kier alpha value is 0.710. The second kappa shape index (κ2) is 49.7. The average Bonchev–Trinajstić information content (AvgIpc) is 2.62. The van der Waals surface area contributed by atoms with E-state index in [9.17, 15) is 0 Å². The summed E-state index contributed by atoms with van der Waals surface area (Å²) < 4.78 is 0. The summed E-state index contributed by atoms with van der Waals surface area (Å²) in [6.07, 6.45) is 10.0. The van der Waals surface area contributed by atoms with Crippen molar-refractivity contribution < 1.29 is 25.8 Å². The van der Waals surface area contributed by atoms with Gasteiger partial charge in [0.2, 0.25) is 0 Å². The van der Waals surface area contributed by atoms with E-state index in [1.54, 1.807) is 0 Å². The van der Waals surface area contributed by atoms with Crippen molar-refractivity contribution in [3.63, 3.8) is 0 Å². The van der Waals surface area contributed by atoms with Crippen LogP contribution >= 0.6 is 0 Å². The van der Waals surface area contributed by atoms with Crippen LogP contribution in [0.2, 0.25) is 0 Å². The van der Waals surface area contributed by atoms with E-state index in [1.807, 2.05) is 28.2 Å². The van der Waals surface area contributed by atoms with Gasteiger partial charge in [-0.3, -0.25) is 0 Å². The minimum absolute atomic E-state index is 0. The topological polar surface area (TPSA) is 56.4 Å². The van der Waals surface area contributed by atoms with E-state index in [2.05, 4.69) is 49.0 Å². The molecular formula is C20H48HfN4. The Morgan fingerprint density at radius 2 is 0.560 bits per heavy atom. The van der Waals surface area contributed by atoms with E-state index in [1.165, 1.54) is 51.4 Å². The summed E-state index contributed by atoms with van der Waals surface area (Å²) in [6, 6.07) is 0. The molecule has 0 saturated heterocycles. The summed E-state index contributed by atoms with van der Waals surface area (Å²) in [5.74, 6) is 0. The molecule has 0 aliphatic carbocycles. The van der Waals surface area contributed by atoms with Gasteiger partial charge >= 0.3 is 25.8 Å². The zero-order chi connectivity index (χ0) is 19.3. The first kappa shape index (κ1) is 36.6. The molecular weight excluding hydrogens is 475 g/mol. The molecule has 0 aliphatic rings. The smallest absolute Gasteiger partial charge is 0.665 e. The van der Waals surface area contributed by atoms with Crippen LogP contribution in [0.5, 0.6) is 0 Å². The van der Waals surface area contributed by atoms with Gasteiger partial charge in [-0.1, -0.05) is 79.1 Å². The van der Waals surface area contributed by atoms with Crippen molar-refractivity contribution >= 4 is 0 Å². The van der Waals surface area contributed by atoms with Crippen LogP contribution in [0.3, 0.4) is 0 Å². The van der Waals surface area contributed by atoms with Crippen molar-refractivity contribution in [1.82, 2.24) is 0 Å². The Kier molecular flexibility index (Phi) is 72.8. The maximum absolute atomic E-state index is 3.93. The van der Waals surface area contributed by atoms with E-state index < -0.39 is 0 Å². The van der Waals surface area contributed by atoms with E-state index in [-0.39, 0.29) is 25.8 Å². The zero-order valence-corrected chi connectivity index (χ0v) is 22.4. The average molecular weight is 523 g/mol. The first-order valence-corrected chi connectivity index (χ1v) is 9.88. The summed E-state index contributed by atoms with van der Waals surface area (Å²) in [5.41, 5.74) is 0. The van der Waals surface area contributed by atoms with Crippen molar-refractivity contribution in [2.24, 2.45) is 0 Å². The normalized spacial score (nSPS) is 8.64. The Labute approximate surface area is 180 Å². The van der Waals surface area contributed by atoms with Gasteiger partial charge in [0.25, 0.3) is 0 Å². The van der Waals surface area contributed by atoms with Crippen LogP contribution in [0.15, 0.2) is 0 Å². The van der Waals surface area contributed by atoms with Gasteiger partial charge in [-0.25, -0.2) is 0 Å². The van der Waals surface area contributed by atoms with Gasteiger partial charge in [0.05, 0.1) is 0 Å². The van der Waals surface area contributed by atoms with Crippen molar-refractivity contribution in [3.05, 3.63) is 21.3 Å². The molecule has 4 nitrogen and oxygen atoms in total. The van der Waals surface area contributed by atoms with Crippen LogP contribution in [0.4, 0.5) is 0 Å². The van der Waals surface area contributed by atoms with Crippen molar-refractivity contribution in [2.45, 2.75) is 79.1 Å². The Balaban J connectivity index is -0.0000000702. The van der Waals surface area contributed by atoms with E-state index in [4.69, 9.17) is 0 Å². The molecule has 25 heavy (non-hydrogen) atoms. The molecule has 0 radical (unpaired) electrons. The van der Waals surface area contributed by atoms with Crippen LogP contribution < -0.4 is 0 Å². The standard InChI is InChI=1S/4C5H12N.Hf/c4*1-3-4-5-6-2;/h4*3-5H2,1-2H3;/q4*-1;+4. The summed E-state index contributed by atoms with van der Waals surface area (Å²) in [5, 5.41) is 15.7. The fourth-order valence-corrected chi connectivity index (χ4v) is 1.26. The summed E-state index contributed by atoms with van der Waals surface area (Å²) in [6.45, 7) is 12.8. The van der Waals surface area contributed by atoms with Gasteiger partial charge in [0, 0.05) is 0 Å². The minimum Gasteiger partial charge on any atom is -0.665 e. The van der Waals surface area contributed by atoms with E-state index in [0.717, 1.165) is 26.2 Å². The van der Waals surface area contributed by atoms with Crippen LogP contribution in [-0.2, 0) is 25.8 Å². The molecule has 0 bridgehead atoms. The van der Waals surface area contributed by atoms with Crippen molar-refractivity contribution in [2.75, 3.05) is 54.4 Å². The number of nitrogens with zero attached hydrogens (tertiary/aromatic N) is 4. The zero-order valence-electron chi connectivity index (χ0n) is 18.8.